The van der Waals surface area contributed by atoms with Gasteiger partial charge in [-0.25, -0.2) is 8.42 Å². The van der Waals surface area contributed by atoms with Crippen molar-refractivity contribution in [2.45, 2.75) is 55.4 Å². The third-order valence-electron chi connectivity index (χ3n) is 5.09. The van der Waals surface area contributed by atoms with Gasteiger partial charge in [-0.15, -0.1) is 0 Å². The quantitative estimate of drug-likeness (QED) is 0.849. The van der Waals surface area contributed by atoms with Crippen molar-refractivity contribution < 1.29 is 13.2 Å². The highest BCUT2D eigenvalue weighted by atomic mass is 32.2. The molecule has 5 heteroatoms. The lowest BCUT2D eigenvalue weighted by Crippen LogP contribution is -2.43. The van der Waals surface area contributed by atoms with Crippen LogP contribution in [0.3, 0.4) is 0 Å². The van der Waals surface area contributed by atoms with Crippen LogP contribution in [0.4, 0.5) is 0 Å². The van der Waals surface area contributed by atoms with Crippen LogP contribution in [0, 0.1) is 0 Å². The fraction of sp³-hybridized carbons (Fsp3) is 0.611. The van der Waals surface area contributed by atoms with Gasteiger partial charge in [-0.1, -0.05) is 43.2 Å². The molecule has 0 spiro atoms. The Morgan fingerprint density at radius 1 is 0.957 bits per heavy atom. The molecular weight excluding hydrogens is 310 g/mol. The van der Waals surface area contributed by atoms with Crippen LogP contribution >= 0.6 is 0 Å². The van der Waals surface area contributed by atoms with Gasteiger partial charge in [-0.2, -0.15) is 0 Å². The van der Waals surface area contributed by atoms with Gasteiger partial charge < -0.3 is 4.90 Å². The zero-order chi connectivity index (χ0) is 16.3. The number of piperidine rings is 1. The van der Waals surface area contributed by atoms with Crippen LogP contribution in [0.25, 0.3) is 0 Å². The van der Waals surface area contributed by atoms with Gasteiger partial charge in [0.15, 0.2) is 15.1 Å². The molecule has 3 rings (SSSR count). The van der Waals surface area contributed by atoms with Crippen LogP contribution in [-0.2, 0) is 14.6 Å². The van der Waals surface area contributed by atoms with Crippen molar-refractivity contribution in [1.29, 1.82) is 0 Å². The molecule has 1 atom stereocenters. The van der Waals surface area contributed by atoms with Crippen LogP contribution < -0.4 is 0 Å². The van der Waals surface area contributed by atoms with Crippen LogP contribution in [0.2, 0.25) is 0 Å². The summed E-state index contributed by atoms with van der Waals surface area (Å²) in [6, 6.07) is 9.04. The Morgan fingerprint density at radius 2 is 1.57 bits per heavy atom. The molecule has 1 amide bonds. The van der Waals surface area contributed by atoms with E-state index in [1.54, 1.807) is 17.0 Å². The van der Waals surface area contributed by atoms with Crippen LogP contribution in [0.15, 0.2) is 30.3 Å². The number of hydrogen-bond acceptors (Lipinski definition) is 3. The van der Waals surface area contributed by atoms with E-state index in [1.165, 1.54) is 0 Å². The van der Waals surface area contributed by atoms with Crippen molar-refractivity contribution in [2.24, 2.45) is 0 Å². The van der Waals surface area contributed by atoms with E-state index in [0.29, 0.717) is 31.5 Å². The molecular formula is C18H25NO3S. The number of amides is 1. The minimum Gasteiger partial charge on any atom is -0.341 e. The van der Waals surface area contributed by atoms with Gasteiger partial charge in [-0.05, 0) is 37.7 Å². The normalized spacial score (nSPS) is 21.3. The molecule has 23 heavy (non-hydrogen) atoms. The van der Waals surface area contributed by atoms with E-state index in [2.05, 4.69) is 0 Å². The maximum absolute atomic E-state index is 13.2. The summed E-state index contributed by atoms with van der Waals surface area (Å²) in [5.41, 5.74) is 0.620. The number of carbonyl (C=O) groups excluding carboxylic acids is 1. The zero-order valence-electron chi connectivity index (χ0n) is 13.5. The summed E-state index contributed by atoms with van der Waals surface area (Å²) in [5.74, 6) is -0.220. The fourth-order valence-corrected chi connectivity index (χ4v) is 6.13. The van der Waals surface area contributed by atoms with Crippen molar-refractivity contribution in [3.63, 3.8) is 0 Å². The van der Waals surface area contributed by atoms with Crippen molar-refractivity contribution in [3.05, 3.63) is 35.9 Å². The monoisotopic (exact) mass is 335 g/mol. The summed E-state index contributed by atoms with van der Waals surface area (Å²) in [6.45, 7) is 1.37. The Kier molecular flexibility index (Phi) is 5.05. The SMILES string of the molecule is O=C([C@H](c1ccccc1)S(=O)(=O)C1CCCC1)N1CCCCC1. The second-order valence-corrected chi connectivity index (χ2v) is 8.99. The molecule has 1 saturated heterocycles. The summed E-state index contributed by atoms with van der Waals surface area (Å²) in [6.07, 6.45) is 6.34. The smallest absolute Gasteiger partial charge is 0.245 e. The van der Waals surface area contributed by atoms with Gasteiger partial charge in [0.05, 0.1) is 5.25 Å². The van der Waals surface area contributed by atoms with E-state index >= 15 is 0 Å². The molecule has 0 N–H and O–H groups in total. The molecule has 1 heterocycles. The molecule has 4 nitrogen and oxygen atoms in total. The molecule has 0 radical (unpaired) electrons. The number of rotatable bonds is 4. The number of benzene rings is 1. The first kappa shape index (κ1) is 16.5. The summed E-state index contributed by atoms with van der Waals surface area (Å²) < 4.78 is 26.3. The molecule has 1 aliphatic heterocycles. The first-order chi connectivity index (χ1) is 11.1. The largest absolute Gasteiger partial charge is 0.341 e. The summed E-state index contributed by atoms with van der Waals surface area (Å²) in [5, 5.41) is -1.38. The molecule has 2 aliphatic rings. The Morgan fingerprint density at radius 3 is 2.17 bits per heavy atom. The number of sulfone groups is 1. The standard InChI is InChI=1S/C18H25NO3S/c20-18(19-13-7-2-8-14-19)17(15-9-3-1-4-10-15)23(21,22)16-11-5-6-12-16/h1,3-4,9-10,16-17H,2,5-8,11-14H2/t17-/m0/s1. The first-order valence-electron chi connectivity index (χ1n) is 8.67. The topological polar surface area (TPSA) is 54.5 Å². The first-order valence-corrected chi connectivity index (χ1v) is 10.3. The van der Waals surface area contributed by atoms with E-state index in [-0.39, 0.29) is 11.2 Å². The molecule has 2 fully saturated rings. The second kappa shape index (κ2) is 7.04. The maximum atomic E-state index is 13.2. The third-order valence-corrected chi connectivity index (χ3v) is 7.62. The van der Waals surface area contributed by atoms with E-state index in [0.717, 1.165) is 32.1 Å². The van der Waals surface area contributed by atoms with Crippen molar-refractivity contribution in [3.8, 4) is 0 Å². The molecule has 1 aliphatic carbocycles. The lowest BCUT2D eigenvalue weighted by Gasteiger charge is -2.31. The second-order valence-electron chi connectivity index (χ2n) is 6.67. The highest BCUT2D eigenvalue weighted by molar-refractivity contribution is 7.93. The van der Waals surface area contributed by atoms with Crippen molar-refractivity contribution in [1.82, 2.24) is 4.90 Å². The van der Waals surface area contributed by atoms with Crippen LogP contribution in [-0.4, -0.2) is 37.6 Å². The zero-order valence-corrected chi connectivity index (χ0v) is 14.3. The minimum atomic E-state index is -3.49. The highest BCUT2D eigenvalue weighted by Crippen LogP contribution is 2.35. The summed E-state index contributed by atoms with van der Waals surface area (Å²) in [7, 11) is -3.49. The van der Waals surface area contributed by atoms with Gasteiger partial charge in [0.1, 0.15) is 0 Å². The molecule has 1 saturated carbocycles. The highest BCUT2D eigenvalue weighted by Gasteiger charge is 2.42. The van der Waals surface area contributed by atoms with Crippen LogP contribution in [0.5, 0.6) is 0 Å². The summed E-state index contributed by atoms with van der Waals surface area (Å²) >= 11 is 0. The average Bonchev–Trinajstić information content (AvgIpc) is 3.12. The fourth-order valence-electron chi connectivity index (χ4n) is 3.79. The number of likely N-dealkylation sites (tertiary alicyclic amines) is 1. The summed E-state index contributed by atoms with van der Waals surface area (Å²) in [4.78, 5) is 14.8. The Balaban J connectivity index is 1.95. The average molecular weight is 335 g/mol. The van der Waals surface area contributed by atoms with E-state index in [9.17, 15) is 13.2 Å². The Labute approximate surface area is 138 Å². The van der Waals surface area contributed by atoms with Gasteiger partial charge in [-0.3, -0.25) is 4.79 Å². The van der Waals surface area contributed by atoms with Crippen molar-refractivity contribution >= 4 is 15.7 Å². The van der Waals surface area contributed by atoms with Gasteiger partial charge in [0.25, 0.3) is 0 Å². The van der Waals surface area contributed by atoms with Crippen LogP contribution in [0.1, 0.15) is 55.8 Å². The number of hydrogen-bond donors (Lipinski definition) is 0. The predicted octanol–water partition coefficient (Wildman–Crippen LogP) is 3.10. The lowest BCUT2D eigenvalue weighted by molar-refractivity contribution is -0.131. The lowest BCUT2D eigenvalue weighted by atomic mass is 10.1. The van der Waals surface area contributed by atoms with E-state index < -0.39 is 15.1 Å². The molecule has 0 bridgehead atoms. The molecule has 1 aromatic rings. The predicted molar refractivity (Wildman–Crippen MR) is 90.8 cm³/mol. The Bertz CT molecular complexity index is 629. The van der Waals surface area contributed by atoms with Gasteiger partial charge >= 0.3 is 0 Å². The van der Waals surface area contributed by atoms with Crippen molar-refractivity contribution in [2.75, 3.05) is 13.1 Å². The molecule has 0 unspecified atom stereocenters. The van der Waals surface area contributed by atoms with E-state index in [4.69, 9.17) is 0 Å². The molecule has 0 aromatic heterocycles. The number of nitrogens with zero attached hydrogens (tertiary/aromatic N) is 1. The maximum Gasteiger partial charge on any atom is 0.245 e. The van der Waals surface area contributed by atoms with Gasteiger partial charge in [0, 0.05) is 13.1 Å². The molecule has 126 valence electrons. The Hall–Kier alpha value is -1.36. The minimum absolute atomic E-state index is 0.220. The number of carbonyl (C=O) groups is 1. The third kappa shape index (κ3) is 3.44. The molecule has 1 aromatic carbocycles. The van der Waals surface area contributed by atoms with Gasteiger partial charge in [0.2, 0.25) is 5.91 Å². The van der Waals surface area contributed by atoms with E-state index in [1.807, 2.05) is 18.2 Å².